The maximum Gasteiger partial charge on any atom is 0.408 e. The molecule has 2 aromatic rings. The molecule has 0 bridgehead atoms. The zero-order valence-corrected chi connectivity index (χ0v) is 20.0. The zero-order valence-electron chi connectivity index (χ0n) is 20.0. The summed E-state index contributed by atoms with van der Waals surface area (Å²) in [6, 6.07) is 16.0. The molecule has 0 aliphatic heterocycles. The molecule has 2 amide bonds. The van der Waals surface area contributed by atoms with Crippen LogP contribution in [-0.4, -0.2) is 54.5 Å². The topological polar surface area (TPSA) is 114 Å². The van der Waals surface area contributed by atoms with Gasteiger partial charge in [0.25, 0.3) is 0 Å². The van der Waals surface area contributed by atoms with Gasteiger partial charge in [-0.2, -0.15) is 0 Å². The molecule has 1 aliphatic carbocycles. The number of nitrogens with one attached hydrogen (secondary N) is 2. The highest BCUT2D eigenvalue weighted by atomic mass is 16.5. The molecule has 0 radical (unpaired) electrons. The smallest absolute Gasteiger partial charge is 0.408 e. The number of aliphatic carboxylic acids is 1. The molecule has 8 heteroatoms. The molecule has 3 N–H and O–H groups in total. The number of hydrogen-bond acceptors (Lipinski definition) is 5. The van der Waals surface area contributed by atoms with Crippen LogP contribution in [-0.2, 0) is 19.1 Å². The second-order valence-corrected chi connectivity index (χ2v) is 8.76. The summed E-state index contributed by atoms with van der Waals surface area (Å²) in [4.78, 5) is 37.7. The first-order valence-electron chi connectivity index (χ1n) is 11.4. The first kappa shape index (κ1) is 25.2. The molecule has 1 unspecified atom stereocenters. The lowest BCUT2D eigenvalue weighted by Crippen LogP contribution is -2.65. The van der Waals surface area contributed by atoms with E-state index in [1.807, 2.05) is 36.4 Å². The molecule has 8 nitrogen and oxygen atoms in total. The van der Waals surface area contributed by atoms with Gasteiger partial charge in [-0.1, -0.05) is 62.4 Å². The van der Waals surface area contributed by atoms with Crippen LogP contribution in [0, 0.1) is 0 Å². The Morgan fingerprint density at radius 1 is 0.941 bits per heavy atom. The lowest BCUT2D eigenvalue weighted by Gasteiger charge is -2.35. The van der Waals surface area contributed by atoms with Crippen LogP contribution in [0.15, 0.2) is 48.5 Å². The highest BCUT2D eigenvalue weighted by molar-refractivity contribution is 5.94. The Morgan fingerprint density at radius 3 is 1.94 bits per heavy atom. The van der Waals surface area contributed by atoms with Gasteiger partial charge in [-0.15, -0.1) is 0 Å². The lowest BCUT2D eigenvalue weighted by atomic mass is 9.90. The summed E-state index contributed by atoms with van der Waals surface area (Å²) in [7, 11) is 1.36. The van der Waals surface area contributed by atoms with Crippen molar-refractivity contribution >= 4 is 18.0 Å². The quantitative estimate of drug-likeness (QED) is 0.490. The molecule has 1 atom stereocenters. The van der Waals surface area contributed by atoms with Crippen molar-refractivity contribution < 1.29 is 29.0 Å². The van der Waals surface area contributed by atoms with E-state index in [1.54, 1.807) is 13.8 Å². The summed E-state index contributed by atoms with van der Waals surface area (Å²) >= 11 is 0. The Hall–Kier alpha value is -3.39. The maximum atomic E-state index is 13.1. The molecule has 182 valence electrons. The number of rotatable bonds is 10. The van der Waals surface area contributed by atoms with Crippen LogP contribution in [0.1, 0.15) is 50.7 Å². The van der Waals surface area contributed by atoms with Gasteiger partial charge in [0.2, 0.25) is 5.91 Å². The highest BCUT2D eigenvalue weighted by Gasteiger charge is 2.43. The first-order valence-corrected chi connectivity index (χ1v) is 11.4. The molecule has 0 heterocycles. The molecule has 1 aliphatic rings. The van der Waals surface area contributed by atoms with Gasteiger partial charge in [-0.3, -0.25) is 4.79 Å². The zero-order chi connectivity index (χ0) is 24.9. The van der Waals surface area contributed by atoms with E-state index in [4.69, 9.17) is 9.47 Å². The minimum atomic E-state index is -1.63. The number of carbonyl (C=O) groups is 3. The molecular formula is C26H32N2O6. The van der Waals surface area contributed by atoms with Crippen molar-refractivity contribution in [1.29, 1.82) is 0 Å². The van der Waals surface area contributed by atoms with Gasteiger partial charge in [0.1, 0.15) is 12.1 Å². The molecule has 2 aromatic carbocycles. The fraction of sp³-hybridized carbons (Fsp3) is 0.423. The molecule has 3 rings (SSSR count). The van der Waals surface area contributed by atoms with Gasteiger partial charge in [0, 0.05) is 13.0 Å². The van der Waals surface area contributed by atoms with E-state index < -0.39 is 29.0 Å². The average Bonchev–Trinajstić information content (AvgIpc) is 3.15. The third-order valence-corrected chi connectivity index (χ3v) is 6.62. The lowest BCUT2D eigenvalue weighted by molar-refractivity contribution is -0.150. The van der Waals surface area contributed by atoms with E-state index in [9.17, 15) is 19.5 Å². The van der Waals surface area contributed by atoms with E-state index in [2.05, 4.69) is 22.8 Å². The van der Waals surface area contributed by atoms with E-state index in [0.717, 1.165) is 22.3 Å². The summed E-state index contributed by atoms with van der Waals surface area (Å²) < 4.78 is 10.6. The van der Waals surface area contributed by atoms with Gasteiger partial charge >= 0.3 is 12.1 Å². The maximum absolute atomic E-state index is 13.1. The average molecular weight is 469 g/mol. The summed E-state index contributed by atoms with van der Waals surface area (Å²) in [5.74, 6) is -1.94. The van der Waals surface area contributed by atoms with Gasteiger partial charge in [-0.25, -0.2) is 9.59 Å². The molecule has 0 saturated carbocycles. The van der Waals surface area contributed by atoms with Crippen molar-refractivity contribution in [2.45, 2.75) is 50.6 Å². The number of carboxylic acids is 1. The first-order chi connectivity index (χ1) is 16.2. The van der Waals surface area contributed by atoms with Crippen molar-refractivity contribution in [3.05, 3.63) is 59.7 Å². The molecule has 0 spiro atoms. The number of hydrogen-bond donors (Lipinski definition) is 3. The minimum Gasteiger partial charge on any atom is -0.479 e. The van der Waals surface area contributed by atoms with E-state index in [0.29, 0.717) is 0 Å². The largest absolute Gasteiger partial charge is 0.479 e. The van der Waals surface area contributed by atoms with Crippen molar-refractivity contribution in [3.63, 3.8) is 0 Å². The van der Waals surface area contributed by atoms with Gasteiger partial charge < -0.3 is 25.2 Å². The Balaban J connectivity index is 1.73. The predicted octanol–water partition coefficient (Wildman–Crippen LogP) is 3.69. The molecule has 0 fully saturated rings. The van der Waals surface area contributed by atoms with Crippen molar-refractivity contribution in [1.82, 2.24) is 10.6 Å². The van der Waals surface area contributed by atoms with E-state index in [1.165, 1.54) is 14.0 Å². The van der Waals surface area contributed by atoms with Crippen molar-refractivity contribution in [2.24, 2.45) is 0 Å². The minimum absolute atomic E-state index is 0.110. The fourth-order valence-electron chi connectivity index (χ4n) is 4.44. The van der Waals surface area contributed by atoms with Crippen LogP contribution in [0.4, 0.5) is 4.79 Å². The van der Waals surface area contributed by atoms with Crippen LogP contribution >= 0.6 is 0 Å². The molecule has 0 aromatic heterocycles. The monoisotopic (exact) mass is 468 g/mol. The summed E-state index contributed by atoms with van der Waals surface area (Å²) in [5, 5.41) is 14.8. The van der Waals surface area contributed by atoms with Crippen LogP contribution in [0.5, 0.6) is 0 Å². The fourth-order valence-corrected chi connectivity index (χ4v) is 4.44. The number of amides is 2. The van der Waals surface area contributed by atoms with Crippen LogP contribution in [0.3, 0.4) is 0 Å². The van der Waals surface area contributed by atoms with Crippen molar-refractivity contribution in [2.75, 3.05) is 20.3 Å². The van der Waals surface area contributed by atoms with Crippen molar-refractivity contribution in [3.8, 4) is 11.1 Å². The third kappa shape index (κ3) is 4.77. The Kier molecular flexibility index (Phi) is 7.61. The predicted molar refractivity (Wildman–Crippen MR) is 128 cm³/mol. The number of methoxy groups -OCH3 is 1. The van der Waals surface area contributed by atoms with Gasteiger partial charge in [0.15, 0.2) is 5.54 Å². The number of carbonyl (C=O) groups excluding carboxylic acids is 2. The number of benzene rings is 2. The normalized spacial score (nSPS) is 14.5. The van der Waals surface area contributed by atoms with Crippen LogP contribution < -0.4 is 10.6 Å². The van der Waals surface area contributed by atoms with Gasteiger partial charge in [0.05, 0.1) is 6.61 Å². The second-order valence-electron chi connectivity index (χ2n) is 8.76. The van der Waals surface area contributed by atoms with Crippen LogP contribution in [0.2, 0.25) is 0 Å². The standard InChI is InChI=1S/C26H32N2O6/c1-5-26(6-2,22(29)27-25(3,16-33-4)23(30)31)28-24(32)34-15-21-19-13-9-7-11-17(19)18-12-8-10-14-20(18)21/h7-14,21H,5-6,15-16H2,1-4H3,(H,27,29)(H,28,32)(H,30,31). The molecule has 34 heavy (non-hydrogen) atoms. The third-order valence-electron chi connectivity index (χ3n) is 6.62. The SMILES string of the molecule is CCC(CC)(NC(=O)OCC1c2ccccc2-c2ccccc21)C(=O)NC(C)(COC)C(=O)O. The Labute approximate surface area is 199 Å². The van der Waals surface area contributed by atoms with Crippen LogP contribution in [0.25, 0.3) is 11.1 Å². The van der Waals surface area contributed by atoms with Gasteiger partial charge in [-0.05, 0) is 42.0 Å². The van der Waals surface area contributed by atoms with E-state index >= 15 is 0 Å². The number of carboxylic acid groups (broad SMARTS) is 1. The Morgan fingerprint density at radius 2 is 1.47 bits per heavy atom. The van der Waals surface area contributed by atoms with E-state index in [-0.39, 0.29) is 32.0 Å². The molecular weight excluding hydrogens is 436 g/mol. The summed E-state index contributed by atoms with van der Waals surface area (Å²) in [6.07, 6.45) is -0.228. The highest BCUT2D eigenvalue weighted by Crippen LogP contribution is 2.44. The second kappa shape index (κ2) is 10.3. The Bertz CT molecular complexity index is 1020. The number of alkyl carbamates (subject to hydrolysis) is 1. The number of ether oxygens (including phenoxy) is 2. The number of fused-ring (bicyclic) bond motifs is 3. The molecule has 0 saturated heterocycles. The summed E-state index contributed by atoms with van der Waals surface area (Å²) in [5.41, 5.74) is 1.45. The summed E-state index contributed by atoms with van der Waals surface area (Å²) in [6.45, 7) is 4.76.